The summed E-state index contributed by atoms with van der Waals surface area (Å²) >= 11 is 1.93. The monoisotopic (exact) mass is 1240 g/mol. The number of sulfone groups is 1. The van der Waals surface area contributed by atoms with Crippen molar-refractivity contribution in [2.24, 2.45) is 0 Å². The average molecular weight is 1240 g/mol. The van der Waals surface area contributed by atoms with Gasteiger partial charge in [-0.1, -0.05) is 96.9 Å². The Hall–Kier alpha value is -6.68. The Labute approximate surface area is 515 Å². The molecule has 1 atom stereocenters. The number of nitrogens with one attached hydrogen (secondary N) is 1. The molecule has 0 aliphatic carbocycles. The number of amides is 1. The molecule has 0 aromatic carbocycles. The summed E-state index contributed by atoms with van der Waals surface area (Å²) in [5.74, 6) is 3.10. The second-order valence-electron chi connectivity index (χ2n) is 27.0. The summed E-state index contributed by atoms with van der Waals surface area (Å²) in [6, 6.07) is 18.9. The van der Waals surface area contributed by atoms with Crippen LogP contribution in [0.5, 0.6) is 5.75 Å². The molecule has 0 fully saturated rings. The van der Waals surface area contributed by atoms with Gasteiger partial charge in [0.15, 0.2) is 9.84 Å². The van der Waals surface area contributed by atoms with Gasteiger partial charge in [0.25, 0.3) is 0 Å². The van der Waals surface area contributed by atoms with E-state index in [9.17, 15) is 25.8 Å². The molecule has 7 aliphatic rings. The van der Waals surface area contributed by atoms with Gasteiger partial charge in [-0.3, -0.25) is 48.2 Å². The summed E-state index contributed by atoms with van der Waals surface area (Å²) in [4.78, 5) is 44.4. The lowest BCUT2D eigenvalue weighted by molar-refractivity contribution is -0.107. The average Bonchev–Trinajstić information content (AvgIpc) is 1.95. The van der Waals surface area contributed by atoms with E-state index in [0.29, 0.717) is 22.5 Å². The number of nitrogens with zero attached hydrogens (tertiary/aromatic N) is 9. The molecule has 7 aliphatic heterocycles. The highest BCUT2D eigenvalue weighted by atomic mass is 32.2. The third-order valence-corrected chi connectivity index (χ3v) is 22.7. The number of thioether (sulfide) groups is 1. The maximum atomic E-state index is 11.6. The van der Waals surface area contributed by atoms with Crippen molar-refractivity contribution in [1.82, 2.24) is 34.9 Å². The lowest BCUT2D eigenvalue weighted by Gasteiger charge is -2.19. The molecule has 14 heterocycles. The molecular weight excluding hydrogens is 1160 g/mol. The molecule has 0 saturated heterocycles. The number of pyridine rings is 7. The van der Waals surface area contributed by atoms with Crippen LogP contribution in [-0.2, 0) is 73.4 Å². The number of rotatable bonds is 2. The molecule has 1 N–H and O–H groups in total. The highest BCUT2D eigenvalue weighted by molar-refractivity contribution is 7.99. The van der Waals surface area contributed by atoms with Gasteiger partial charge in [0.1, 0.15) is 5.75 Å². The number of ether oxygens (including phenoxy) is 1. The fraction of sp³-hybridized carbons (Fsp3) is 0.446. The molecular formula is C65H82N10O7S4. The van der Waals surface area contributed by atoms with Crippen LogP contribution in [0.2, 0.25) is 0 Å². The van der Waals surface area contributed by atoms with E-state index in [2.05, 4.69) is 122 Å². The van der Waals surface area contributed by atoms with Crippen molar-refractivity contribution < 1.29 is 30.6 Å². The number of aromatic nitrogens is 7. The summed E-state index contributed by atoms with van der Waals surface area (Å²) < 4.78 is 64.9. The number of carbonyl (C=O) groups excluding carboxylic acids is 1. The number of sulfonamides is 1. The minimum atomic E-state index is -3.19. The number of fused-ring (bicyclic) bond motifs is 7. The fourth-order valence-corrected chi connectivity index (χ4v) is 17.6. The second kappa shape index (κ2) is 24.8. The summed E-state index contributed by atoms with van der Waals surface area (Å²) in [5.41, 5.74) is 10.7. The van der Waals surface area contributed by atoms with Crippen LogP contribution >= 0.6 is 11.8 Å². The molecule has 0 radical (unpaired) electrons. The van der Waals surface area contributed by atoms with E-state index >= 15 is 0 Å². The number of carbonyl (C=O) groups is 1. The highest BCUT2D eigenvalue weighted by Crippen LogP contribution is 2.44. The van der Waals surface area contributed by atoms with E-state index in [4.69, 9.17) is 4.74 Å². The van der Waals surface area contributed by atoms with Gasteiger partial charge < -0.3 is 15.0 Å². The molecule has 7 aromatic rings. The first-order valence-corrected chi connectivity index (χ1v) is 34.4. The Morgan fingerprint density at radius 1 is 0.593 bits per heavy atom. The van der Waals surface area contributed by atoms with Crippen LogP contribution in [0.25, 0.3) is 0 Å². The molecule has 0 spiro atoms. The Morgan fingerprint density at radius 2 is 1.14 bits per heavy atom. The summed E-state index contributed by atoms with van der Waals surface area (Å²) in [5, 5.41) is 3.33. The molecule has 17 nitrogen and oxygen atoms in total. The molecule has 1 unspecified atom stereocenters. The molecule has 1 amide bonds. The maximum absolute atomic E-state index is 11.6. The van der Waals surface area contributed by atoms with E-state index in [1.54, 1.807) is 54.1 Å². The van der Waals surface area contributed by atoms with Crippen LogP contribution in [0, 0.1) is 0 Å². The highest BCUT2D eigenvalue weighted by Gasteiger charge is 2.42. The van der Waals surface area contributed by atoms with Crippen LogP contribution < -0.4 is 19.3 Å². The van der Waals surface area contributed by atoms with Crippen LogP contribution in [0.15, 0.2) is 144 Å². The lowest BCUT2D eigenvalue weighted by Crippen LogP contribution is -2.33. The third-order valence-electron chi connectivity index (χ3n) is 16.1. The first-order chi connectivity index (χ1) is 40.1. The van der Waals surface area contributed by atoms with Crippen molar-refractivity contribution in [3.05, 3.63) is 168 Å². The zero-order valence-corrected chi connectivity index (χ0v) is 55.4. The standard InChI is InChI=1S/C10H14N2O2S.C10H12N2O.C9H12N2.C9H11NO2S.C9H11NOS.C9H11NO.C9H11NS/c1-10(2)7-12(15(3,13)14)8-5-4-6-11-9(8)10;1-10(2)6-12(7-13)8-4-3-5-11-9(8)10;1-9(2)6-11-7-4-3-5-10-8(7)9;1-9(2)6-13(11,12)8-3-4-10-5-7(8)9;1-9(2)6-12(11)8-3-4-10-5-7(8)9;2*1-9(2)6-11-8-3-4-10-5-7(8)9/h4-6H,7H2,1-3H3;3-5,7H,6H2,1-2H3;3-5,11H,6H2,1-2H3;3-5H,6H2,1-2H3;3-5H,6H2,1-2H3;2*3-5H,6H2,1-2H3. The van der Waals surface area contributed by atoms with Gasteiger partial charge in [0.2, 0.25) is 16.4 Å². The van der Waals surface area contributed by atoms with Gasteiger partial charge in [-0.2, -0.15) is 0 Å². The minimum absolute atomic E-state index is 0.0164. The van der Waals surface area contributed by atoms with E-state index in [1.807, 2.05) is 101 Å². The second-order valence-corrected chi connectivity index (χ2v) is 33.3. The van der Waals surface area contributed by atoms with Gasteiger partial charge in [0, 0.05) is 153 Å². The van der Waals surface area contributed by atoms with Crippen molar-refractivity contribution in [2.75, 3.05) is 64.3 Å². The largest absolute Gasteiger partial charge is 0.492 e. The van der Waals surface area contributed by atoms with Gasteiger partial charge in [-0.25, -0.2) is 16.8 Å². The van der Waals surface area contributed by atoms with Gasteiger partial charge in [-0.15, -0.1) is 11.8 Å². The van der Waals surface area contributed by atoms with E-state index < -0.39 is 30.7 Å². The van der Waals surface area contributed by atoms with Gasteiger partial charge in [-0.05, 0) is 77.4 Å². The SMILES string of the molecule is CC1(C)CN(C=O)c2cccnc21.CC1(C)CN(S(C)(=O)=O)c2cccnc21.CC1(C)CNc2cccnc21.CC1(C)COc2ccncc21.CC1(C)CS(=O)(=O)c2ccncc21.CC1(C)CS(=O)c2ccncc21.CC1(C)CSc2ccncc21. The van der Waals surface area contributed by atoms with Crippen molar-refractivity contribution in [3.63, 3.8) is 0 Å². The first-order valence-electron chi connectivity index (χ1n) is 28.6. The molecule has 14 rings (SSSR count). The van der Waals surface area contributed by atoms with Crippen molar-refractivity contribution >= 4 is 65.9 Å². The van der Waals surface area contributed by atoms with Crippen LogP contribution in [-0.4, -0.2) is 112 Å². The zero-order valence-electron chi connectivity index (χ0n) is 52.2. The van der Waals surface area contributed by atoms with Gasteiger partial charge in [0.05, 0.1) is 68.5 Å². The number of hydrogen-bond acceptors (Lipinski definition) is 16. The predicted octanol–water partition coefficient (Wildman–Crippen LogP) is 11.1. The van der Waals surface area contributed by atoms with E-state index in [-0.39, 0.29) is 38.2 Å². The molecule has 458 valence electrons. The Balaban J connectivity index is 0.000000131. The van der Waals surface area contributed by atoms with Crippen LogP contribution in [0.3, 0.4) is 0 Å². The molecule has 86 heavy (non-hydrogen) atoms. The normalized spacial score (nSPS) is 20.5. The fourth-order valence-electron chi connectivity index (χ4n) is 11.3. The third kappa shape index (κ3) is 14.3. The van der Waals surface area contributed by atoms with E-state index in [0.717, 1.165) is 70.7 Å². The van der Waals surface area contributed by atoms with Crippen LogP contribution in [0.1, 0.15) is 136 Å². The molecule has 0 saturated carbocycles. The number of hydrogen-bond donors (Lipinski definition) is 1. The summed E-state index contributed by atoms with van der Waals surface area (Å²) in [7, 11) is -7.05. The van der Waals surface area contributed by atoms with Crippen molar-refractivity contribution in [3.8, 4) is 5.75 Å². The van der Waals surface area contributed by atoms with E-state index in [1.165, 1.54) is 49.9 Å². The minimum Gasteiger partial charge on any atom is -0.492 e. The van der Waals surface area contributed by atoms with Crippen LogP contribution in [0.4, 0.5) is 17.1 Å². The molecule has 7 aromatic heterocycles. The first kappa shape index (κ1) is 65.3. The Bertz CT molecular complexity index is 3730. The predicted molar refractivity (Wildman–Crippen MR) is 344 cm³/mol. The van der Waals surface area contributed by atoms with Gasteiger partial charge >= 0.3 is 0 Å². The van der Waals surface area contributed by atoms with Crippen molar-refractivity contribution in [1.29, 1.82) is 0 Å². The smallest absolute Gasteiger partial charge is 0.232 e. The van der Waals surface area contributed by atoms with Crippen molar-refractivity contribution in [2.45, 2.75) is 150 Å². The Morgan fingerprint density at radius 3 is 1.73 bits per heavy atom. The summed E-state index contributed by atoms with van der Waals surface area (Å²) in [6.45, 7) is 32.5. The lowest BCUT2D eigenvalue weighted by atomic mass is 9.88. The zero-order chi connectivity index (χ0) is 62.9. The maximum Gasteiger partial charge on any atom is 0.232 e. The topological polar surface area (TPSA) is 220 Å². The molecule has 21 heteroatoms. The quantitative estimate of drug-likeness (QED) is 0.159. The number of anilines is 3. The molecule has 0 bridgehead atoms. The summed E-state index contributed by atoms with van der Waals surface area (Å²) in [6.07, 6.45) is 21.7. The Kier molecular flexibility index (Phi) is 18.9.